The zero-order valence-corrected chi connectivity index (χ0v) is 14.0. The number of ether oxygens (including phenoxy) is 1. The molecule has 1 fully saturated rings. The largest absolute Gasteiger partial charge is 0.447 e. The van der Waals surface area contributed by atoms with E-state index in [0.29, 0.717) is 12.8 Å². The van der Waals surface area contributed by atoms with Gasteiger partial charge in [-0.1, -0.05) is 66.7 Å². The molecule has 0 radical (unpaired) electrons. The average Bonchev–Trinajstić information content (AvgIpc) is 3.01. The molecule has 4 nitrogen and oxygen atoms in total. The Morgan fingerprint density at radius 2 is 1.80 bits per heavy atom. The van der Waals surface area contributed by atoms with Crippen LogP contribution in [-0.2, 0) is 16.0 Å². The molecule has 4 heteroatoms. The number of nitrogens with zero attached hydrogens (tertiary/aromatic N) is 1. The number of cyclic esters (lactones) is 1. The lowest BCUT2D eigenvalue weighted by molar-refractivity contribution is -0.130. The summed E-state index contributed by atoms with van der Waals surface area (Å²) < 4.78 is 5.18. The summed E-state index contributed by atoms with van der Waals surface area (Å²) >= 11 is 0. The van der Waals surface area contributed by atoms with E-state index in [9.17, 15) is 9.59 Å². The third-order valence-corrected chi connectivity index (χ3v) is 4.42. The van der Waals surface area contributed by atoms with Crippen molar-refractivity contribution in [2.24, 2.45) is 0 Å². The first-order chi connectivity index (χ1) is 12.2. The van der Waals surface area contributed by atoms with Gasteiger partial charge in [-0.25, -0.2) is 9.69 Å². The molecule has 0 bridgehead atoms. The monoisotopic (exact) mass is 335 g/mol. The quantitative estimate of drug-likeness (QED) is 0.751. The first-order valence-corrected chi connectivity index (χ1v) is 8.40. The number of hydrogen-bond acceptors (Lipinski definition) is 3. The van der Waals surface area contributed by atoms with E-state index in [-0.39, 0.29) is 18.6 Å². The highest BCUT2D eigenvalue weighted by atomic mass is 16.6. The van der Waals surface area contributed by atoms with Crippen LogP contribution in [-0.4, -0.2) is 29.5 Å². The molecule has 2 amide bonds. The molecule has 1 heterocycles. The minimum Gasteiger partial charge on any atom is -0.447 e. The third-order valence-electron chi connectivity index (χ3n) is 4.42. The number of amides is 2. The molecule has 25 heavy (non-hydrogen) atoms. The zero-order chi connectivity index (χ0) is 17.6. The second-order valence-corrected chi connectivity index (χ2v) is 6.12. The van der Waals surface area contributed by atoms with E-state index in [1.807, 2.05) is 60.7 Å². The standard InChI is InChI=1S/C21H21NO3/c1-2-9-19(17-12-7-4-8-13-17)20(23)22-18(15-25-21(22)24)14-16-10-5-3-6-11-16/h2-8,10-13,18-19H,1,9,14-15H2/t18-,19?/m0/s1. The highest BCUT2D eigenvalue weighted by Gasteiger charge is 2.40. The summed E-state index contributed by atoms with van der Waals surface area (Å²) in [5.41, 5.74) is 1.95. The summed E-state index contributed by atoms with van der Waals surface area (Å²) in [6.07, 6.45) is 2.22. The molecule has 1 aliphatic rings. The van der Waals surface area contributed by atoms with E-state index >= 15 is 0 Å². The summed E-state index contributed by atoms with van der Waals surface area (Å²) in [5.74, 6) is -0.655. The van der Waals surface area contributed by atoms with Gasteiger partial charge >= 0.3 is 6.09 Å². The fourth-order valence-corrected chi connectivity index (χ4v) is 3.17. The van der Waals surface area contributed by atoms with Crippen molar-refractivity contribution in [3.63, 3.8) is 0 Å². The summed E-state index contributed by atoms with van der Waals surface area (Å²) in [6.45, 7) is 3.99. The summed E-state index contributed by atoms with van der Waals surface area (Å²) in [5, 5.41) is 0. The molecular weight excluding hydrogens is 314 g/mol. The Hall–Kier alpha value is -2.88. The normalized spacial score (nSPS) is 17.8. The molecule has 0 N–H and O–H groups in total. The molecule has 3 rings (SSSR count). The van der Waals surface area contributed by atoms with Gasteiger partial charge in [0.2, 0.25) is 5.91 Å². The predicted molar refractivity (Wildman–Crippen MR) is 96.1 cm³/mol. The van der Waals surface area contributed by atoms with Crippen LogP contribution in [0.15, 0.2) is 73.3 Å². The van der Waals surface area contributed by atoms with Crippen molar-refractivity contribution in [1.82, 2.24) is 4.90 Å². The SMILES string of the molecule is C=CCC(C(=O)N1C(=O)OC[C@@H]1Cc1ccccc1)c1ccccc1. The van der Waals surface area contributed by atoms with Crippen molar-refractivity contribution >= 4 is 12.0 Å². The fraction of sp³-hybridized carbons (Fsp3) is 0.238. The van der Waals surface area contributed by atoms with Crippen LogP contribution in [0.25, 0.3) is 0 Å². The molecule has 0 aromatic heterocycles. The van der Waals surface area contributed by atoms with Gasteiger partial charge in [0.25, 0.3) is 0 Å². The van der Waals surface area contributed by atoms with Crippen LogP contribution < -0.4 is 0 Å². The molecule has 0 saturated carbocycles. The molecule has 1 aliphatic heterocycles. The second kappa shape index (κ2) is 7.79. The fourth-order valence-electron chi connectivity index (χ4n) is 3.17. The van der Waals surface area contributed by atoms with Gasteiger partial charge in [-0.2, -0.15) is 0 Å². The smallest absolute Gasteiger partial charge is 0.417 e. The van der Waals surface area contributed by atoms with Crippen LogP contribution in [0.3, 0.4) is 0 Å². The molecule has 0 aliphatic carbocycles. The molecule has 2 aromatic carbocycles. The molecule has 2 atom stereocenters. The predicted octanol–water partition coefficient (Wildman–Crippen LogP) is 3.94. The van der Waals surface area contributed by atoms with Gasteiger partial charge in [0.15, 0.2) is 0 Å². The van der Waals surface area contributed by atoms with Crippen LogP contribution in [0.1, 0.15) is 23.5 Å². The van der Waals surface area contributed by atoms with Crippen LogP contribution in [0.5, 0.6) is 0 Å². The van der Waals surface area contributed by atoms with Crippen molar-refractivity contribution in [1.29, 1.82) is 0 Å². The highest BCUT2D eigenvalue weighted by Crippen LogP contribution is 2.27. The van der Waals surface area contributed by atoms with Crippen LogP contribution in [0, 0.1) is 0 Å². The molecule has 2 aromatic rings. The Kier molecular flexibility index (Phi) is 5.29. The molecule has 1 saturated heterocycles. The third kappa shape index (κ3) is 3.79. The van der Waals surface area contributed by atoms with Gasteiger partial charge in [-0.3, -0.25) is 4.79 Å². The molecule has 128 valence electrons. The van der Waals surface area contributed by atoms with E-state index in [1.165, 1.54) is 4.90 Å². The maximum atomic E-state index is 13.1. The van der Waals surface area contributed by atoms with E-state index in [1.54, 1.807) is 6.08 Å². The number of hydrogen-bond donors (Lipinski definition) is 0. The average molecular weight is 335 g/mol. The second-order valence-electron chi connectivity index (χ2n) is 6.12. The minimum atomic E-state index is -0.559. The Labute approximate surface area is 147 Å². The van der Waals surface area contributed by atoms with Gasteiger partial charge in [0, 0.05) is 0 Å². The van der Waals surface area contributed by atoms with Crippen LogP contribution in [0.4, 0.5) is 4.79 Å². The first kappa shape index (κ1) is 17.0. The lowest BCUT2D eigenvalue weighted by Gasteiger charge is -2.24. The summed E-state index contributed by atoms with van der Waals surface area (Å²) in [6, 6.07) is 19.0. The molecular formula is C21H21NO3. The Bertz CT molecular complexity index is 742. The Morgan fingerprint density at radius 3 is 2.44 bits per heavy atom. The van der Waals surface area contributed by atoms with Crippen molar-refractivity contribution in [2.75, 3.05) is 6.61 Å². The minimum absolute atomic E-state index is 0.227. The van der Waals surface area contributed by atoms with Gasteiger partial charge in [0.05, 0.1) is 12.0 Å². The maximum absolute atomic E-state index is 13.1. The maximum Gasteiger partial charge on any atom is 0.417 e. The highest BCUT2D eigenvalue weighted by molar-refractivity contribution is 5.97. The van der Waals surface area contributed by atoms with Crippen molar-refractivity contribution in [3.05, 3.63) is 84.4 Å². The lowest BCUT2D eigenvalue weighted by Crippen LogP contribution is -2.42. The number of imide groups is 1. The van der Waals surface area contributed by atoms with E-state index < -0.39 is 12.0 Å². The summed E-state index contributed by atoms with van der Waals surface area (Å²) in [4.78, 5) is 26.6. The van der Waals surface area contributed by atoms with E-state index in [4.69, 9.17) is 4.74 Å². The van der Waals surface area contributed by atoms with Crippen molar-refractivity contribution in [2.45, 2.75) is 24.8 Å². The first-order valence-electron chi connectivity index (χ1n) is 8.40. The zero-order valence-electron chi connectivity index (χ0n) is 14.0. The van der Waals surface area contributed by atoms with Crippen molar-refractivity contribution in [3.8, 4) is 0 Å². The number of allylic oxidation sites excluding steroid dienone is 1. The number of benzene rings is 2. The number of rotatable bonds is 6. The topological polar surface area (TPSA) is 46.6 Å². The van der Waals surface area contributed by atoms with Gasteiger partial charge < -0.3 is 4.74 Å². The van der Waals surface area contributed by atoms with Crippen molar-refractivity contribution < 1.29 is 14.3 Å². The van der Waals surface area contributed by atoms with Gasteiger partial charge in [-0.05, 0) is 24.0 Å². The van der Waals surface area contributed by atoms with E-state index in [2.05, 4.69) is 6.58 Å². The van der Waals surface area contributed by atoms with Gasteiger partial charge in [0.1, 0.15) is 6.61 Å². The summed E-state index contributed by atoms with van der Waals surface area (Å²) in [7, 11) is 0. The van der Waals surface area contributed by atoms with Crippen LogP contribution in [0.2, 0.25) is 0 Å². The Morgan fingerprint density at radius 1 is 1.16 bits per heavy atom. The van der Waals surface area contributed by atoms with Crippen LogP contribution >= 0.6 is 0 Å². The van der Waals surface area contributed by atoms with E-state index in [0.717, 1.165) is 11.1 Å². The lowest BCUT2D eigenvalue weighted by atomic mass is 9.93. The number of carbonyl (C=O) groups excluding carboxylic acids is 2. The molecule has 1 unspecified atom stereocenters. The Balaban J connectivity index is 1.84. The molecule has 0 spiro atoms. The number of carbonyl (C=O) groups is 2. The van der Waals surface area contributed by atoms with Gasteiger partial charge in [-0.15, -0.1) is 6.58 Å².